The molecule has 160 valence electrons. The van der Waals surface area contributed by atoms with E-state index in [0.717, 1.165) is 4.90 Å². The van der Waals surface area contributed by atoms with Crippen LogP contribution in [0.4, 0.5) is 23.7 Å². The second-order valence-electron chi connectivity index (χ2n) is 7.33. The van der Waals surface area contributed by atoms with Crippen LogP contribution in [0.3, 0.4) is 0 Å². The van der Waals surface area contributed by atoms with E-state index >= 15 is 0 Å². The van der Waals surface area contributed by atoms with Crippen molar-refractivity contribution in [3.63, 3.8) is 0 Å². The lowest BCUT2D eigenvalue weighted by Gasteiger charge is -2.27. The Kier molecular flexibility index (Phi) is 4.96. The number of alkyl halides is 2. The summed E-state index contributed by atoms with van der Waals surface area (Å²) in [5.74, 6) is -1.92. The number of halogens is 3. The molecule has 1 saturated heterocycles. The normalized spacial score (nSPS) is 15.9. The number of pyridine rings is 1. The third-order valence-corrected chi connectivity index (χ3v) is 4.84. The molecule has 31 heavy (non-hydrogen) atoms. The van der Waals surface area contributed by atoms with Crippen LogP contribution in [0.1, 0.15) is 31.9 Å². The molecule has 0 spiro atoms. The van der Waals surface area contributed by atoms with E-state index in [4.69, 9.17) is 4.42 Å². The molecule has 3 amide bonds. The van der Waals surface area contributed by atoms with Crippen molar-refractivity contribution in [1.82, 2.24) is 20.1 Å². The highest BCUT2D eigenvalue weighted by Gasteiger charge is 2.52. The van der Waals surface area contributed by atoms with Gasteiger partial charge in [0, 0.05) is 11.9 Å². The number of benzene rings is 1. The topological polar surface area (TPSA) is 92.4 Å². The molecule has 3 aromatic rings. The highest BCUT2D eigenvalue weighted by atomic mass is 19.3. The van der Waals surface area contributed by atoms with Crippen molar-refractivity contribution < 1.29 is 27.2 Å². The summed E-state index contributed by atoms with van der Waals surface area (Å²) < 4.78 is 43.7. The van der Waals surface area contributed by atoms with Crippen molar-refractivity contribution >= 4 is 17.6 Å². The number of hydrogen-bond acceptors (Lipinski definition) is 6. The molecule has 0 radical (unpaired) electrons. The fourth-order valence-electron chi connectivity index (χ4n) is 3.31. The number of hydrogen-bond donors (Lipinski definition) is 0. The van der Waals surface area contributed by atoms with Gasteiger partial charge in [-0.25, -0.2) is 9.18 Å². The smallest absolute Gasteiger partial charge is 0.332 e. The van der Waals surface area contributed by atoms with E-state index in [-0.39, 0.29) is 18.1 Å². The summed E-state index contributed by atoms with van der Waals surface area (Å²) in [7, 11) is 0. The van der Waals surface area contributed by atoms with Gasteiger partial charge in [0.2, 0.25) is 5.89 Å². The molecule has 1 fully saturated rings. The van der Waals surface area contributed by atoms with E-state index < -0.39 is 35.6 Å². The van der Waals surface area contributed by atoms with Gasteiger partial charge >= 0.3 is 12.5 Å². The molecule has 1 aliphatic rings. The van der Waals surface area contributed by atoms with E-state index in [0.29, 0.717) is 11.3 Å². The molecule has 0 saturated carbocycles. The van der Waals surface area contributed by atoms with Crippen molar-refractivity contribution in [2.24, 2.45) is 0 Å². The Balaban J connectivity index is 1.56. The van der Waals surface area contributed by atoms with E-state index in [1.54, 1.807) is 19.9 Å². The Bertz CT molecular complexity index is 1150. The predicted molar refractivity (Wildman–Crippen MR) is 101 cm³/mol. The van der Waals surface area contributed by atoms with Gasteiger partial charge in [-0.05, 0) is 44.2 Å². The Labute approximate surface area is 174 Å². The zero-order valence-electron chi connectivity index (χ0n) is 16.4. The largest absolute Gasteiger partial charge is 0.415 e. The van der Waals surface area contributed by atoms with E-state index in [2.05, 4.69) is 15.2 Å². The van der Waals surface area contributed by atoms with Crippen LogP contribution in [-0.2, 0) is 11.3 Å². The summed E-state index contributed by atoms with van der Waals surface area (Å²) in [5.41, 5.74) is -0.277. The number of nitrogens with zero attached hydrogens (tertiary/aromatic N) is 5. The molecule has 8 nitrogen and oxygen atoms in total. The minimum atomic E-state index is -2.88. The fourth-order valence-corrected chi connectivity index (χ4v) is 3.31. The third-order valence-electron chi connectivity index (χ3n) is 4.84. The average molecular weight is 431 g/mol. The molecule has 1 aromatic carbocycles. The SMILES string of the molecule is CC1(C)C(=O)N(Cc2ccc(-c3nnc(C(F)F)o3)cn2)C(=O)N1c1cccc(F)c1. The van der Waals surface area contributed by atoms with Crippen LogP contribution < -0.4 is 4.90 Å². The maximum absolute atomic E-state index is 13.7. The van der Waals surface area contributed by atoms with Crippen LogP contribution >= 0.6 is 0 Å². The molecule has 2 aromatic heterocycles. The van der Waals surface area contributed by atoms with Gasteiger partial charge in [-0.2, -0.15) is 8.78 Å². The first-order valence-electron chi connectivity index (χ1n) is 9.17. The second kappa shape index (κ2) is 7.49. The number of anilines is 1. The summed E-state index contributed by atoms with van der Waals surface area (Å²) >= 11 is 0. The van der Waals surface area contributed by atoms with Gasteiger partial charge in [-0.3, -0.25) is 19.6 Å². The maximum atomic E-state index is 13.7. The molecular formula is C20H16F3N5O3. The van der Waals surface area contributed by atoms with Crippen molar-refractivity contribution in [1.29, 1.82) is 0 Å². The zero-order chi connectivity index (χ0) is 22.3. The van der Waals surface area contributed by atoms with E-state index in [9.17, 15) is 22.8 Å². The van der Waals surface area contributed by atoms with E-state index in [1.807, 2.05) is 0 Å². The van der Waals surface area contributed by atoms with Gasteiger partial charge in [0.15, 0.2) is 0 Å². The maximum Gasteiger partial charge on any atom is 0.332 e. The van der Waals surface area contributed by atoms with E-state index in [1.165, 1.54) is 41.4 Å². The molecule has 0 unspecified atom stereocenters. The molecular weight excluding hydrogens is 415 g/mol. The summed E-state index contributed by atoms with van der Waals surface area (Å²) in [6, 6.07) is 7.84. The van der Waals surface area contributed by atoms with Gasteiger partial charge in [0.1, 0.15) is 11.4 Å². The van der Waals surface area contributed by atoms with Crippen LogP contribution in [0, 0.1) is 5.82 Å². The highest BCUT2D eigenvalue weighted by Crippen LogP contribution is 2.34. The quantitative estimate of drug-likeness (QED) is 0.568. The average Bonchev–Trinajstić information content (AvgIpc) is 3.27. The van der Waals surface area contributed by atoms with Crippen LogP contribution in [0.25, 0.3) is 11.5 Å². The fraction of sp³-hybridized carbons (Fsp3) is 0.250. The van der Waals surface area contributed by atoms with Crippen LogP contribution in [0.2, 0.25) is 0 Å². The van der Waals surface area contributed by atoms with Crippen molar-refractivity contribution in [2.75, 3.05) is 4.90 Å². The number of aromatic nitrogens is 3. The van der Waals surface area contributed by atoms with Crippen molar-refractivity contribution in [2.45, 2.75) is 32.4 Å². The lowest BCUT2D eigenvalue weighted by atomic mass is 10.0. The molecule has 4 rings (SSSR count). The van der Waals surface area contributed by atoms with Crippen molar-refractivity contribution in [3.05, 3.63) is 60.0 Å². The Morgan fingerprint density at radius 3 is 2.52 bits per heavy atom. The molecule has 0 aliphatic carbocycles. The summed E-state index contributed by atoms with van der Waals surface area (Å²) in [4.78, 5) is 32.3. The number of rotatable bonds is 5. The lowest BCUT2D eigenvalue weighted by Crippen LogP contribution is -2.44. The summed E-state index contributed by atoms with van der Waals surface area (Å²) in [6.45, 7) is 3.02. The third kappa shape index (κ3) is 3.62. The van der Waals surface area contributed by atoms with Crippen LogP contribution in [-0.4, -0.2) is 37.6 Å². The van der Waals surface area contributed by atoms with Gasteiger partial charge in [-0.1, -0.05) is 6.07 Å². The van der Waals surface area contributed by atoms with Crippen LogP contribution in [0.5, 0.6) is 0 Å². The summed E-state index contributed by atoms with van der Waals surface area (Å²) in [5, 5.41) is 6.79. The zero-order valence-corrected chi connectivity index (χ0v) is 16.4. The molecule has 0 bridgehead atoms. The Hall–Kier alpha value is -3.76. The van der Waals surface area contributed by atoms with Crippen LogP contribution in [0.15, 0.2) is 47.0 Å². The van der Waals surface area contributed by atoms with Gasteiger partial charge in [0.05, 0.1) is 17.8 Å². The Morgan fingerprint density at radius 2 is 1.90 bits per heavy atom. The number of amides is 3. The Morgan fingerprint density at radius 1 is 1.13 bits per heavy atom. The number of urea groups is 1. The first kappa shape index (κ1) is 20.5. The lowest BCUT2D eigenvalue weighted by molar-refractivity contribution is -0.130. The highest BCUT2D eigenvalue weighted by molar-refractivity contribution is 6.16. The molecule has 0 N–H and O–H groups in total. The molecule has 1 aliphatic heterocycles. The summed E-state index contributed by atoms with van der Waals surface area (Å²) in [6.07, 6.45) is -1.57. The number of carbonyl (C=O) groups is 2. The first-order chi connectivity index (χ1) is 14.7. The predicted octanol–water partition coefficient (Wildman–Crippen LogP) is 3.96. The number of imide groups is 1. The standard InChI is InChI=1S/C20H16F3N5O3/c1-20(2)18(29)27(19(30)28(20)14-5-3-4-12(21)8-14)10-13-7-6-11(9-24-13)16-25-26-17(31-16)15(22)23/h3-9,15H,10H2,1-2H3. The molecule has 3 heterocycles. The monoisotopic (exact) mass is 431 g/mol. The number of carbonyl (C=O) groups excluding carboxylic acids is 2. The minimum absolute atomic E-state index is 0.124. The second-order valence-corrected chi connectivity index (χ2v) is 7.33. The molecule has 0 atom stereocenters. The minimum Gasteiger partial charge on any atom is -0.415 e. The van der Waals surface area contributed by atoms with Gasteiger partial charge < -0.3 is 4.42 Å². The van der Waals surface area contributed by atoms with Gasteiger partial charge in [-0.15, -0.1) is 10.2 Å². The van der Waals surface area contributed by atoms with Crippen molar-refractivity contribution in [3.8, 4) is 11.5 Å². The van der Waals surface area contributed by atoms with Gasteiger partial charge in [0.25, 0.3) is 11.8 Å². The first-order valence-corrected chi connectivity index (χ1v) is 9.17. The molecule has 11 heteroatoms.